The van der Waals surface area contributed by atoms with Crippen LogP contribution in [0, 0.1) is 6.92 Å². The molecular formula is C12H10Cl2F2N2. The van der Waals surface area contributed by atoms with E-state index in [-0.39, 0.29) is 22.3 Å². The number of aryl methyl sites for hydroxylation is 1. The number of para-hydroxylation sites is 1. The standard InChI is InChI=1S/C12H10Cl2F2N2/c1-7-4-2-3-5-9(7)18-11(14)8(6-13)10(17-18)12(15)16/h2-5,12H,6H2,1H3. The molecule has 2 aromatic rings. The van der Waals surface area contributed by atoms with Crippen LogP contribution in [0.1, 0.15) is 23.2 Å². The van der Waals surface area contributed by atoms with Crippen LogP contribution in [-0.4, -0.2) is 9.78 Å². The van der Waals surface area contributed by atoms with E-state index in [1.807, 2.05) is 19.1 Å². The van der Waals surface area contributed by atoms with Crippen molar-refractivity contribution in [3.05, 3.63) is 46.2 Å². The molecule has 0 saturated heterocycles. The predicted octanol–water partition coefficient (Wildman–Crippen LogP) is 4.51. The van der Waals surface area contributed by atoms with Crippen molar-refractivity contribution in [1.82, 2.24) is 9.78 Å². The number of halogens is 4. The minimum Gasteiger partial charge on any atom is -0.221 e. The van der Waals surface area contributed by atoms with E-state index in [1.54, 1.807) is 12.1 Å². The van der Waals surface area contributed by atoms with Crippen molar-refractivity contribution in [2.24, 2.45) is 0 Å². The summed E-state index contributed by atoms with van der Waals surface area (Å²) in [4.78, 5) is 0. The third kappa shape index (κ3) is 2.22. The van der Waals surface area contributed by atoms with Gasteiger partial charge < -0.3 is 0 Å². The molecule has 0 radical (unpaired) electrons. The molecule has 0 saturated carbocycles. The SMILES string of the molecule is Cc1ccccc1-n1nc(C(F)F)c(CCl)c1Cl. The van der Waals surface area contributed by atoms with Gasteiger partial charge in [-0.05, 0) is 18.6 Å². The number of alkyl halides is 3. The van der Waals surface area contributed by atoms with Gasteiger partial charge in [-0.3, -0.25) is 0 Å². The second-order valence-corrected chi connectivity index (χ2v) is 4.41. The predicted molar refractivity (Wildman–Crippen MR) is 67.8 cm³/mol. The minimum absolute atomic E-state index is 0.0929. The monoisotopic (exact) mass is 290 g/mol. The maximum Gasteiger partial charge on any atom is 0.282 e. The Hall–Kier alpha value is -1.13. The van der Waals surface area contributed by atoms with Gasteiger partial charge in [-0.1, -0.05) is 29.8 Å². The Labute approximate surface area is 113 Å². The van der Waals surface area contributed by atoms with Crippen LogP contribution >= 0.6 is 23.2 Å². The molecule has 1 aromatic heterocycles. The van der Waals surface area contributed by atoms with Gasteiger partial charge in [0.2, 0.25) is 0 Å². The van der Waals surface area contributed by atoms with Crippen LogP contribution in [0.5, 0.6) is 0 Å². The molecule has 1 heterocycles. The van der Waals surface area contributed by atoms with E-state index in [0.717, 1.165) is 5.56 Å². The van der Waals surface area contributed by atoms with Crippen molar-refractivity contribution >= 4 is 23.2 Å². The molecule has 2 nitrogen and oxygen atoms in total. The minimum atomic E-state index is -2.69. The van der Waals surface area contributed by atoms with Gasteiger partial charge in [0.1, 0.15) is 10.8 Å². The summed E-state index contributed by atoms with van der Waals surface area (Å²) in [6, 6.07) is 7.27. The molecule has 0 spiro atoms. The second-order valence-electron chi connectivity index (χ2n) is 3.79. The largest absolute Gasteiger partial charge is 0.282 e. The zero-order valence-corrected chi connectivity index (χ0v) is 11.0. The maximum absolute atomic E-state index is 12.8. The van der Waals surface area contributed by atoms with Crippen molar-refractivity contribution in [2.75, 3.05) is 0 Å². The van der Waals surface area contributed by atoms with Crippen molar-refractivity contribution < 1.29 is 8.78 Å². The number of benzene rings is 1. The number of nitrogens with zero attached hydrogens (tertiary/aromatic N) is 2. The van der Waals surface area contributed by atoms with Crippen molar-refractivity contribution in [3.8, 4) is 5.69 Å². The molecule has 0 atom stereocenters. The zero-order chi connectivity index (χ0) is 13.3. The topological polar surface area (TPSA) is 17.8 Å². The molecular weight excluding hydrogens is 281 g/mol. The Balaban J connectivity index is 2.63. The molecule has 0 aliphatic heterocycles. The normalized spacial score (nSPS) is 11.2. The fraction of sp³-hybridized carbons (Fsp3) is 0.250. The number of hydrogen-bond donors (Lipinski definition) is 0. The first-order valence-corrected chi connectivity index (χ1v) is 6.15. The summed E-state index contributed by atoms with van der Waals surface area (Å²) in [5.41, 5.74) is 1.37. The van der Waals surface area contributed by atoms with Gasteiger partial charge in [-0.15, -0.1) is 11.6 Å². The van der Waals surface area contributed by atoms with Crippen LogP contribution < -0.4 is 0 Å². The molecule has 0 unspecified atom stereocenters. The van der Waals surface area contributed by atoms with E-state index >= 15 is 0 Å². The highest BCUT2D eigenvalue weighted by Crippen LogP contribution is 2.31. The third-order valence-corrected chi connectivity index (χ3v) is 3.29. The van der Waals surface area contributed by atoms with E-state index in [2.05, 4.69) is 5.10 Å². The molecule has 18 heavy (non-hydrogen) atoms. The fourth-order valence-corrected chi connectivity index (χ4v) is 2.33. The first-order valence-electron chi connectivity index (χ1n) is 5.23. The number of hydrogen-bond acceptors (Lipinski definition) is 1. The Kier molecular flexibility index (Phi) is 3.88. The lowest BCUT2D eigenvalue weighted by atomic mass is 10.2. The van der Waals surface area contributed by atoms with Gasteiger partial charge >= 0.3 is 0 Å². The quantitative estimate of drug-likeness (QED) is 0.761. The van der Waals surface area contributed by atoms with Crippen molar-refractivity contribution in [1.29, 1.82) is 0 Å². The average molecular weight is 291 g/mol. The smallest absolute Gasteiger partial charge is 0.221 e. The van der Waals surface area contributed by atoms with Crippen LogP contribution in [0.2, 0.25) is 5.15 Å². The van der Waals surface area contributed by atoms with E-state index in [4.69, 9.17) is 23.2 Å². The Morgan fingerprint density at radius 3 is 2.50 bits per heavy atom. The summed E-state index contributed by atoms with van der Waals surface area (Å²) in [6.45, 7) is 1.86. The zero-order valence-electron chi connectivity index (χ0n) is 9.50. The van der Waals surface area contributed by atoms with Crippen LogP contribution in [0.3, 0.4) is 0 Å². The van der Waals surface area contributed by atoms with E-state index in [0.29, 0.717) is 5.69 Å². The van der Waals surface area contributed by atoms with Crippen molar-refractivity contribution in [3.63, 3.8) is 0 Å². The van der Waals surface area contributed by atoms with Crippen molar-refractivity contribution in [2.45, 2.75) is 19.2 Å². The summed E-state index contributed by atoms with van der Waals surface area (Å²) in [5.74, 6) is -0.0929. The molecule has 0 bridgehead atoms. The first kappa shape index (κ1) is 13.3. The van der Waals surface area contributed by atoms with Gasteiger partial charge in [-0.2, -0.15) is 5.10 Å². The molecule has 2 rings (SSSR count). The molecule has 1 aromatic carbocycles. The fourth-order valence-electron chi connectivity index (χ4n) is 1.71. The van der Waals surface area contributed by atoms with Gasteiger partial charge in [0, 0.05) is 5.56 Å². The highest BCUT2D eigenvalue weighted by atomic mass is 35.5. The van der Waals surface area contributed by atoms with Crippen LogP contribution in [0.25, 0.3) is 5.69 Å². The highest BCUT2D eigenvalue weighted by molar-refractivity contribution is 6.31. The molecule has 0 aliphatic carbocycles. The van der Waals surface area contributed by atoms with E-state index in [1.165, 1.54) is 4.68 Å². The van der Waals surface area contributed by atoms with Gasteiger partial charge in [0.15, 0.2) is 0 Å². The Morgan fingerprint density at radius 1 is 1.33 bits per heavy atom. The Bertz CT molecular complexity index is 567. The lowest BCUT2D eigenvalue weighted by Crippen LogP contribution is -1.99. The first-order chi connectivity index (χ1) is 8.56. The van der Waals surface area contributed by atoms with Crippen LogP contribution in [0.4, 0.5) is 8.78 Å². The summed E-state index contributed by atoms with van der Waals surface area (Å²) in [5, 5.41) is 4.00. The molecule has 6 heteroatoms. The summed E-state index contributed by atoms with van der Waals surface area (Å²) in [7, 11) is 0. The second kappa shape index (κ2) is 5.24. The van der Waals surface area contributed by atoms with Gasteiger partial charge in [-0.25, -0.2) is 13.5 Å². The molecule has 0 aliphatic rings. The number of aromatic nitrogens is 2. The lowest BCUT2D eigenvalue weighted by molar-refractivity contribution is 0.144. The third-order valence-electron chi connectivity index (χ3n) is 2.64. The van der Waals surface area contributed by atoms with E-state index in [9.17, 15) is 8.78 Å². The average Bonchev–Trinajstić information content (AvgIpc) is 2.67. The van der Waals surface area contributed by atoms with Gasteiger partial charge in [0.25, 0.3) is 6.43 Å². The highest BCUT2D eigenvalue weighted by Gasteiger charge is 2.23. The van der Waals surface area contributed by atoms with Crippen LogP contribution in [-0.2, 0) is 5.88 Å². The van der Waals surface area contributed by atoms with Gasteiger partial charge in [0.05, 0.1) is 11.6 Å². The van der Waals surface area contributed by atoms with E-state index < -0.39 is 6.43 Å². The van der Waals surface area contributed by atoms with Crippen LogP contribution in [0.15, 0.2) is 24.3 Å². The Morgan fingerprint density at radius 2 is 2.00 bits per heavy atom. The molecule has 96 valence electrons. The summed E-state index contributed by atoms with van der Waals surface area (Å²) in [6.07, 6.45) is -2.69. The molecule has 0 N–H and O–H groups in total. The summed E-state index contributed by atoms with van der Waals surface area (Å²) >= 11 is 11.7. The molecule has 0 amide bonds. The molecule has 0 fully saturated rings. The number of rotatable bonds is 3. The maximum atomic E-state index is 12.8. The summed E-state index contributed by atoms with van der Waals surface area (Å²) < 4.78 is 27.0. The lowest BCUT2D eigenvalue weighted by Gasteiger charge is -2.06.